The number of carbonyl (C=O) groups is 1. The zero-order valence-corrected chi connectivity index (χ0v) is 16.9. The number of ether oxygens (including phenoxy) is 2. The first-order valence-electron chi connectivity index (χ1n) is 8.42. The van der Waals surface area contributed by atoms with Crippen LogP contribution in [-0.2, 0) is 11.3 Å². The monoisotopic (exact) mass is 389 g/mol. The van der Waals surface area contributed by atoms with Gasteiger partial charge in [-0.25, -0.2) is 0 Å². The first-order valence-corrected chi connectivity index (χ1v) is 10.7. The molecule has 1 unspecified atom stereocenters. The van der Waals surface area contributed by atoms with E-state index in [0.717, 1.165) is 16.9 Å². The summed E-state index contributed by atoms with van der Waals surface area (Å²) >= 11 is 3.53. The smallest absolute Gasteiger partial charge is 0.224 e. The minimum absolute atomic E-state index is 0.0167. The number of hydrogen-bond donors (Lipinski definition) is 0. The second-order valence-corrected chi connectivity index (χ2v) is 7.99. The number of carbonyl (C=O) groups excluding carboxylic acids is 1. The van der Waals surface area contributed by atoms with E-state index in [9.17, 15) is 4.79 Å². The zero-order valence-electron chi connectivity index (χ0n) is 15.2. The molecule has 0 radical (unpaired) electrons. The standard InChI is InChI=1S/C20H23NO3S2/c1-23-17-6-4-5-15(19(17)24-2)13-21-18(22)11-12-26-20(21)14-7-9-16(25-3)10-8-14/h4-10,20H,11-13H2,1-3H3. The molecule has 0 N–H and O–H groups in total. The molecule has 0 aliphatic carbocycles. The van der Waals surface area contributed by atoms with Crippen molar-refractivity contribution in [1.29, 1.82) is 0 Å². The van der Waals surface area contributed by atoms with Gasteiger partial charge in [-0.3, -0.25) is 4.79 Å². The van der Waals surface area contributed by atoms with Crippen molar-refractivity contribution in [3.05, 3.63) is 53.6 Å². The molecule has 2 aromatic carbocycles. The summed E-state index contributed by atoms with van der Waals surface area (Å²) in [6.07, 6.45) is 2.63. The Kier molecular flexibility index (Phi) is 6.38. The summed E-state index contributed by atoms with van der Waals surface area (Å²) in [6.45, 7) is 0.501. The van der Waals surface area contributed by atoms with Crippen molar-refractivity contribution in [2.45, 2.75) is 23.2 Å². The molecule has 138 valence electrons. The van der Waals surface area contributed by atoms with E-state index >= 15 is 0 Å². The third-order valence-corrected chi connectivity index (χ3v) is 6.45. The molecule has 1 heterocycles. The van der Waals surface area contributed by atoms with Crippen LogP contribution in [0.15, 0.2) is 47.4 Å². The van der Waals surface area contributed by atoms with E-state index in [0.29, 0.717) is 24.5 Å². The van der Waals surface area contributed by atoms with Crippen molar-refractivity contribution in [3.8, 4) is 11.5 Å². The molecule has 1 aliphatic heterocycles. The number of nitrogens with zero attached hydrogens (tertiary/aromatic N) is 1. The Morgan fingerprint density at radius 3 is 2.58 bits per heavy atom. The number of methoxy groups -OCH3 is 2. The van der Waals surface area contributed by atoms with E-state index in [-0.39, 0.29) is 11.3 Å². The zero-order chi connectivity index (χ0) is 18.5. The number of hydrogen-bond acceptors (Lipinski definition) is 5. The summed E-state index contributed by atoms with van der Waals surface area (Å²) in [5.41, 5.74) is 2.11. The third-order valence-electron chi connectivity index (χ3n) is 4.42. The van der Waals surface area contributed by atoms with Crippen LogP contribution in [0.2, 0.25) is 0 Å². The maximum Gasteiger partial charge on any atom is 0.224 e. The number of benzene rings is 2. The van der Waals surface area contributed by atoms with E-state index in [1.54, 1.807) is 26.0 Å². The quantitative estimate of drug-likeness (QED) is 0.676. The predicted molar refractivity (Wildman–Crippen MR) is 108 cm³/mol. The lowest BCUT2D eigenvalue weighted by Crippen LogP contribution is -2.36. The van der Waals surface area contributed by atoms with Crippen molar-refractivity contribution in [2.75, 3.05) is 26.2 Å². The van der Waals surface area contributed by atoms with E-state index in [1.165, 1.54) is 4.90 Å². The van der Waals surface area contributed by atoms with Gasteiger partial charge in [0.1, 0.15) is 5.37 Å². The maximum atomic E-state index is 12.7. The fourth-order valence-electron chi connectivity index (χ4n) is 3.10. The van der Waals surface area contributed by atoms with Gasteiger partial charge in [0, 0.05) is 22.6 Å². The highest BCUT2D eigenvalue weighted by Crippen LogP contribution is 2.40. The van der Waals surface area contributed by atoms with Gasteiger partial charge < -0.3 is 14.4 Å². The van der Waals surface area contributed by atoms with Crippen LogP contribution in [0.5, 0.6) is 11.5 Å². The average Bonchev–Trinajstić information content (AvgIpc) is 2.69. The van der Waals surface area contributed by atoms with Crippen molar-refractivity contribution >= 4 is 29.4 Å². The Morgan fingerprint density at radius 2 is 1.92 bits per heavy atom. The summed E-state index contributed by atoms with van der Waals surface area (Å²) in [5, 5.41) is 0.0167. The van der Waals surface area contributed by atoms with Gasteiger partial charge in [-0.2, -0.15) is 0 Å². The molecule has 1 atom stereocenters. The molecule has 4 nitrogen and oxygen atoms in total. The lowest BCUT2D eigenvalue weighted by atomic mass is 10.1. The van der Waals surface area contributed by atoms with Crippen molar-refractivity contribution in [3.63, 3.8) is 0 Å². The molecule has 0 aromatic heterocycles. The van der Waals surface area contributed by atoms with E-state index in [1.807, 2.05) is 34.9 Å². The van der Waals surface area contributed by atoms with Crippen LogP contribution in [-0.4, -0.2) is 37.0 Å². The van der Waals surface area contributed by atoms with Crippen LogP contribution >= 0.6 is 23.5 Å². The fraction of sp³-hybridized carbons (Fsp3) is 0.350. The number of para-hydroxylation sites is 1. The molecule has 1 amide bonds. The molecule has 2 aromatic rings. The average molecular weight is 390 g/mol. The Bertz CT molecular complexity index is 764. The second kappa shape index (κ2) is 8.73. The highest BCUT2D eigenvalue weighted by molar-refractivity contribution is 7.99. The lowest BCUT2D eigenvalue weighted by Gasteiger charge is -2.36. The molecule has 1 aliphatic rings. The largest absolute Gasteiger partial charge is 0.493 e. The molecular formula is C20H23NO3S2. The summed E-state index contributed by atoms with van der Waals surface area (Å²) in [7, 11) is 3.26. The van der Waals surface area contributed by atoms with Crippen molar-refractivity contribution in [1.82, 2.24) is 4.90 Å². The molecule has 0 spiro atoms. The molecule has 1 saturated heterocycles. The summed E-state index contributed by atoms with van der Waals surface area (Å²) < 4.78 is 10.9. The Morgan fingerprint density at radius 1 is 1.15 bits per heavy atom. The number of thioether (sulfide) groups is 2. The Hall–Kier alpha value is -1.79. The normalized spacial score (nSPS) is 17.3. The molecule has 0 bridgehead atoms. The van der Waals surface area contributed by atoms with Gasteiger partial charge >= 0.3 is 0 Å². The minimum Gasteiger partial charge on any atom is -0.493 e. The highest BCUT2D eigenvalue weighted by atomic mass is 32.2. The van der Waals surface area contributed by atoms with Crippen molar-refractivity contribution in [2.24, 2.45) is 0 Å². The maximum absolute atomic E-state index is 12.7. The van der Waals surface area contributed by atoms with Gasteiger partial charge in [0.15, 0.2) is 11.5 Å². The Labute approximate surface area is 163 Å². The van der Waals surface area contributed by atoms with Crippen LogP contribution in [0.1, 0.15) is 22.9 Å². The van der Waals surface area contributed by atoms with E-state index < -0.39 is 0 Å². The first kappa shape index (κ1) is 19.0. The van der Waals surface area contributed by atoms with Gasteiger partial charge in [-0.05, 0) is 30.0 Å². The lowest BCUT2D eigenvalue weighted by molar-refractivity contribution is -0.132. The van der Waals surface area contributed by atoms with Gasteiger partial charge in [-0.15, -0.1) is 23.5 Å². The molecular weight excluding hydrogens is 366 g/mol. The van der Waals surface area contributed by atoms with Gasteiger partial charge in [0.2, 0.25) is 5.91 Å². The third kappa shape index (κ3) is 3.96. The van der Waals surface area contributed by atoms with Crippen LogP contribution in [0.25, 0.3) is 0 Å². The molecule has 1 fully saturated rings. The molecule has 26 heavy (non-hydrogen) atoms. The SMILES string of the molecule is COc1cccc(CN2C(=O)CCSC2c2ccc(SC)cc2)c1OC. The van der Waals surface area contributed by atoms with Crippen molar-refractivity contribution < 1.29 is 14.3 Å². The minimum atomic E-state index is 0.0167. The first-order chi connectivity index (χ1) is 12.7. The molecule has 6 heteroatoms. The topological polar surface area (TPSA) is 38.8 Å². The second-order valence-electron chi connectivity index (χ2n) is 5.92. The number of rotatable bonds is 6. The molecule has 3 rings (SSSR count). The van der Waals surface area contributed by atoms with Gasteiger partial charge in [0.25, 0.3) is 0 Å². The van der Waals surface area contributed by atoms with Crippen LogP contribution in [0, 0.1) is 0 Å². The van der Waals surface area contributed by atoms with Crippen LogP contribution < -0.4 is 9.47 Å². The molecule has 0 saturated carbocycles. The highest BCUT2D eigenvalue weighted by Gasteiger charge is 2.30. The van der Waals surface area contributed by atoms with E-state index in [4.69, 9.17) is 9.47 Å². The van der Waals surface area contributed by atoms with Gasteiger partial charge in [0.05, 0.1) is 20.8 Å². The fourth-order valence-corrected chi connectivity index (χ4v) is 4.75. The summed E-state index contributed by atoms with van der Waals surface area (Å²) in [5.74, 6) is 2.39. The van der Waals surface area contributed by atoms with Gasteiger partial charge in [-0.1, -0.05) is 24.3 Å². The predicted octanol–water partition coefficient (Wildman–Crippen LogP) is 4.59. The van der Waals surface area contributed by atoms with Crippen LogP contribution in [0.3, 0.4) is 0 Å². The Balaban J connectivity index is 1.91. The van der Waals surface area contributed by atoms with Crippen LogP contribution in [0.4, 0.5) is 0 Å². The number of amides is 1. The van der Waals surface area contributed by atoms with E-state index in [2.05, 4.69) is 30.5 Å². The summed E-state index contributed by atoms with van der Waals surface area (Å²) in [4.78, 5) is 15.9. The summed E-state index contributed by atoms with van der Waals surface area (Å²) in [6, 6.07) is 14.3.